The van der Waals surface area contributed by atoms with Gasteiger partial charge in [-0.1, -0.05) is 0 Å². The molecule has 7 heteroatoms. The van der Waals surface area contributed by atoms with Crippen molar-refractivity contribution in [3.05, 3.63) is 29.8 Å². The van der Waals surface area contributed by atoms with Crippen molar-refractivity contribution >= 4 is 15.7 Å². The lowest BCUT2D eigenvalue weighted by atomic mass is 10.0. The number of ether oxygens (including phenoxy) is 1. The quantitative estimate of drug-likeness (QED) is 0.743. The Labute approximate surface area is 124 Å². The molecule has 0 bridgehead atoms. The van der Waals surface area contributed by atoms with E-state index in [1.54, 1.807) is 0 Å². The molecule has 116 valence electrons. The van der Waals surface area contributed by atoms with Gasteiger partial charge in [-0.05, 0) is 24.3 Å². The van der Waals surface area contributed by atoms with Gasteiger partial charge in [0.05, 0.1) is 17.3 Å². The molecule has 0 unspecified atom stereocenters. The molecule has 1 amide bonds. The SMILES string of the molecule is COCCS(=O)(=O)c1ccc(C(=O)NCC2CNC2)cc1. The van der Waals surface area contributed by atoms with Crippen LogP contribution in [0.15, 0.2) is 29.2 Å². The summed E-state index contributed by atoms with van der Waals surface area (Å²) in [5.41, 5.74) is 0.466. The molecule has 2 rings (SSSR count). The van der Waals surface area contributed by atoms with E-state index in [4.69, 9.17) is 4.74 Å². The van der Waals surface area contributed by atoms with Crippen molar-refractivity contribution in [2.24, 2.45) is 5.92 Å². The van der Waals surface area contributed by atoms with Gasteiger partial charge in [-0.15, -0.1) is 0 Å². The van der Waals surface area contributed by atoms with Gasteiger partial charge in [-0.25, -0.2) is 8.42 Å². The first-order chi connectivity index (χ1) is 10.0. The zero-order valence-corrected chi connectivity index (χ0v) is 12.8. The van der Waals surface area contributed by atoms with Gasteiger partial charge in [0.1, 0.15) is 0 Å². The van der Waals surface area contributed by atoms with E-state index in [-0.39, 0.29) is 23.2 Å². The second kappa shape index (κ2) is 7.02. The normalized spacial score (nSPS) is 15.5. The van der Waals surface area contributed by atoms with Crippen LogP contribution in [0.2, 0.25) is 0 Å². The van der Waals surface area contributed by atoms with E-state index >= 15 is 0 Å². The molecule has 1 aromatic carbocycles. The van der Waals surface area contributed by atoms with Gasteiger partial charge >= 0.3 is 0 Å². The first-order valence-electron chi connectivity index (χ1n) is 6.83. The number of benzene rings is 1. The lowest BCUT2D eigenvalue weighted by Crippen LogP contribution is -2.48. The van der Waals surface area contributed by atoms with E-state index in [1.165, 1.54) is 31.4 Å². The number of amides is 1. The fourth-order valence-electron chi connectivity index (χ4n) is 1.96. The van der Waals surface area contributed by atoms with Crippen LogP contribution in [0.25, 0.3) is 0 Å². The number of hydrogen-bond donors (Lipinski definition) is 2. The summed E-state index contributed by atoms with van der Waals surface area (Å²) >= 11 is 0. The lowest BCUT2D eigenvalue weighted by molar-refractivity contribution is 0.0942. The highest BCUT2D eigenvalue weighted by atomic mass is 32.2. The van der Waals surface area contributed by atoms with Crippen LogP contribution < -0.4 is 10.6 Å². The average molecular weight is 312 g/mol. The van der Waals surface area contributed by atoms with Crippen molar-refractivity contribution in [2.45, 2.75) is 4.90 Å². The molecule has 0 aliphatic carbocycles. The zero-order valence-electron chi connectivity index (χ0n) is 12.0. The Hall–Kier alpha value is -1.44. The summed E-state index contributed by atoms with van der Waals surface area (Å²) in [5, 5.41) is 5.98. The summed E-state index contributed by atoms with van der Waals surface area (Å²) in [5.74, 6) is 0.245. The van der Waals surface area contributed by atoms with E-state index in [9.17, 15) is 13.2 Å². The van der Waals surface area contributed by atoms with Crippen LogP contribution in [0.1, 0.15) is 10.4 Å². The summed E-state index contributed by atoms with van der Waals surface area (Å²) in [6, 6.07) is 6.00. The maximum Gasteiger partial charge on any atom is 0.251 e. The number of hydrogen-bond acceptors (Lipinski definition) is 5. The summed E-state index contributed by atoms with van der Waals surface area (Å²) in [6.45, 7) is 2.65. The number of carbonyl (C=O) groups excluding carboxylic acids is 1. The Kier molecular flexibility index (Phi) is 5.33. The molecule has 0 saturated carbocycles. The van der Waals surface area contributed by atoms with Gasteiger partial charge in [-0.2, -0.15) is 0 Å². The van der Waals surface area contributed by atoms with E-state index in [0.717, 1.165) is 13.1 Å². The standard InChI is InChI=1S/C14H20N2O4S/c1-20-6-7-21(18,19)13-4-2-12(3-5-13)14(17)16-10-11-8-15-9-11/h2-5,11,15H,6-10H2,1H3,(H,16,17). The molecule has 1 fully saturated rings. The van der Waals surface area contributed by atoms with Gasteiger partial charge in [0, 0.05) is 38.2 Å². The minimum atomic E-state index is -3.35. The average Bonchev–Trinajstić information content (AvgIpc) is 2.43. The first-order valence-corrected chi connectivity index (χ1v) is 8.49. The first kappa shape index (κ1) is 15.9. The summed E-state index contributed by atoms with van der Waals surface area (Å²) in [4.78, 5) is 12.1. The highest BCUT2D eigenvalue weighted by molar-refractivity contribution is 7.91. The molecule has 0 radical (unpaired) electrons. The number of carbonyl (C=O) groups is 1. The Morgan fingerprint density at radius 2 is 2.00 bits per heavy atom. The largest absolute Gasteiger partial charge is 0.384 e. The van der Waals surface area contributed by atoms with E-state index < -0.39 is 9.84 Å². The molecule has 1 saturated heterocycles. The monoisotopic (exact) mass is 312 g/mol. The third-order valence-corrected chi connectivity index (χ3v) is 5.14. The van der Waals surface area contributed by atoms with Crippen LogP contribution in [-0.4, -0.2) is 53.4 Å². The zero-order chi connectivity index (χ0) is 15.3. The van der Waals surface area contributed by atoms with Crippen molar-refractivity contribution in [3.63, 3.8) is 0 Å². The molecule has 2 N–H and O–H groups in total. The third kappa shape index (κ3) is 4.26. The molecule has 6 nitrogen and oxygen atoms in total. The molecule has 1 aliphatic heterocycles. The molecule has 0 spiro atoms. The van der Waals surface area contributed by atoms with E-state index in [2.05, 4.69) is 10.6 Å². The molecule has 1 heterocycles. The highest BCUT2D eigenvalue weighted by Crippen LogP contribution is 2.13. The van der Waals surface area contributed by atoms with E-state index in [1.807, 2.05) is 0 Å². The van der Waals surface area contributed by atoms with E-state index in [0.29, 0.717) is 18.0 Å². The molecule has 1 aromatic rings. The summed E-state index contributed by atoms with van der Waals surface area (Å²) < 4.78 is 28.7. The summed E-state index contributed by atoms with van der Waals surface area (Å²) in [7, 11) is -1.89. The maximum atomic E-state index is 11.9. The van der Waals surface area contributed by atoms with Crippen LogP contribution in [0, 0.1) is 5.92 Å². The summed E-state index contributed by atoms with van der Waals surface area (Å²) in [6.07, 6.45) is 0. The fraction of sp³-hybridized carbons (Fsp3) is 0.500. The van der Waals surface area contributed by atoms with Gasteiger partial charge in [0.15, 0.2) is 9.84 Å². The third-order valence-electron chi connectivity index (χ3n) is 3.45. The van der Waals surface area contributed by atoms with Gasteiger partial charge in [0.2, 0.25) is 0 Å². The predicted octanol–water partition coefficient (Wildman–Crippen LogP) is 0.0559. The van der Waals surface area contributed by atoms with Gasteiger partial charge < -0.3 is 15.4 Å². The van der Waals surface area contributed by atoms with Crippen LogP contribution in [-0.2, 0) is 14.6 Å². The van der Waals surface area contributed by atoms with Crippen molar-refractivity contribution in [2.75, 3.05) is 39.1 Å². The lowest BCUT2D eigenvalue weighted by Gasteiger charge is -2.27. The van der Waals surface area contributed by atoms with Crippen LogP contribution in [0.5, 0.6) is 0 Å². The predicted molar refractivity (Wildman–Crippen MR) is 79.1 cm³/mol. The topological polar surface area (TPSA) is 84.5 Å². The fourth-order valence-corrected chi connectivity index (χ4v) is 3.13. The van der Waals surface area contributed by atoms with Crippen LogP contribution in [0.3, 0.4) is 0 Å². The highest BCUT2D eigenvalue weighted by Gasteiger charge is 2.18. The van der Waals surface area contributed by atoms with Crippen molar-refractivity contribution < 1.29 is 17.9 Å². The van der Waals surface area contributed by atoms with Crippen molar-refractivity contribution in [1.82, 2.24) is 10.6 Å². The Morgan fingerprint density at radius 1 is 1.33 bits per heavy atom. The van der Waals surface area contributed by atoms with Gasteiger partial charge in [0.25, 0.3) is 5.91 Å². The number of sulfone groups is 1. The van der Waals surface area contributed by atoms with Gasteiger partial charge in [-0.3, -0.25) is 4.79 Å². The molecule has 21 heavy (non-hydrogen) atoms. The molecular weight excluding hydrogens is 292 g/mol. The Balaban J connectivity index is 1.95. The Bertz CT molecular complexity index is 579. The Morgan fingerprint density at radius 3 is 2.52 bits per heavy atom. The molecule has 0 atom stereocenters. The number of methoxy groups -OCH3 is 1. The molecule has 0 aromatic heterocycles. The second-order valence-electron chi connectivity index (χ2n) is 5.07. The van der Waals surface area contributed by atoms with Crippen molar-refractivity contribution in [1.29, 1.82) is 0 Å². The second-order valence-corrected chi connectivity index (χ2v) is 7.18. The minimum absolute atomic E-state index is 0.0658. The smallest absolute Gasteiger partial charge is 0.251 e. The molecule has 1 aliphatic rings. The van der Waals surface area contributed by atoms with Crippen LogP contribution in [0.4, 0.5) is 0 Å². The minimum Gasteiger partial charge on any atom is -0.384 e. The number of rotatable bonds is 7. The van der Waals surface area contributed by atoms with Crippen LogP contribution >= 0.6 is 0 Å². The number of nitrogens with one attached hydrogen (secondary N) is 2. The molecular formula is C14H20N2O4S. The van der Waals surface area contributed by atoms with Crippen molar-refractivity contribution in [3.8, 4) is 0 Å². The maximum absolute atomic E-state index is 11.9.